The van der Waals surface area contributed by atoms with Gasteiger partial charge in [-0.15, -0.1) is 0 Å². The van der Waals surface area contributed by atoms with Gasteiger partial charge in [0, 0.05) is 24.0 Å². The third kappa shape index (κ3) is 5.22. The number of hydrogen-bond acceptors (Lipinski definition) is 5. The molecule has 0 radical (unpaired) electrons. The molecule has 2 N–H and O–H groups in total. The van der Waals surface area contributed by atoms with Gasteiger partial charge in [0.1, 0.15) is 5.76 Å². The third-order valence-electron chi connectivity index (χ3n) is 2.16. The molecule has 0 aromatic carbocycles. The molecule has 1 amide bonds. The average molecular weight is 272 g/mol. The number of carboxylic acids is 1. The number of aryl methyl sites for hydroxylation is 1. The highest BCUT2D eigenvalue weighted by Gasteiger charge is 2.11. The van der Waals surface area contributed by atoms with Crippen molar-refractivity contribution in [3.05, 3.63) is 11.8 Å². The number of anilines is 1. The van der Waals surface area contributed by atoms with Crippen molar-refractivity contribution in [2.45, 2.75) is 20.3 Å². The SMILES string of the molecule is Cc1cc(NC(=O)CCSCC(C)C(=O)O)no1. The van der Waals surface area contributed by atoms with Crippen molar-refractivity contribution >= 4 is 29.5 Å². The van der Waals surface area contributed by atoms with E-state index in [9.17, 15) is 9.59 Å². The number of hydrogen-bond donors (Lipinski definition) is 2. The molecule has 1 aromatic rings. The van der Waals surface area contributed by atoms with E-state index in [1.807, 2.05) is 0 Å². The molecule has 0 spiro atoms. The highest BCUT2D eigenvalue weighted by Crippen LogP contribution is 2.11. The molecule has 6 nitrogen and oxygen atoms in total. The molecule has 1 rings (SSSR count). The number of amides is 1. The Morgan fingerprint density at radius 2 is 2.33 bits per heavy atom. The Morgan fingerprint density at radius 3 is 2.89 bits per heavy atom. The lowest BCUT2D eigenvalue weighted by Gasteiger charge is -2.05. The maximum Gasteiger partial charge on any atom is 0.307 e. The van der Waals surface area contributed by atoms with Crippen LogP contribution < -0.4 is 5.32 Å². The summed E-state index contributed by atoms with van der Waals surface area (Å²) in [6.07, 6.45) is 0.322. The fourth-order valence-corrected chi connectivity index (χ4v) is 2.12. The minimum Gasteiger partial charge on any atom is -0.481 e. The van der Waals surface area contributed by atoms with Crippen LogP contribution in [0.2, 0.25) is 0 Å². The molecular weight excluding hydrogens is 256 g/mol. The van der Waals surface area contributed by atoms with Crippen LogP contribution in [0.4, 0.5) is 5.82 Å². The van der Waals surface area contributed by atoms with Gasteiger partial charge in [-0.3, -0.25) is 9.59 Å². The second-order valence-electron chi connectivity index (χ2n) is 3.94. The van der Waals surface area contributed by atoms with Gasteiger partial charge in [0.15, 0.2) is 5.82 Å². The van der Waals surface area contributed by atoms with Crippen LogP contribution in [0.3, 0.4) is 0 Å². The molecule has 7 heteroatoms. The smallest absolute Gasteiger partial charge is 0.307 e. The molecule has 0 saturated heterocycles. The Hall–Kier alpha value is -1.50. The van der Waals surface area contributed by atoms with Gasteiger partial charge in [-0.2, -0.15) is 11.8 Å². The number of rotatable bonds is 7. The summed E-state index contributed by atoms with van der Waals surface area (Å²) < 4.78 is 4.81. The van der Waals surface area contributed by atoms with Crippen LogP contribution in [0.1, 0.15) is 19.1 Å². The monoisotopic (exact) mass is 272 g/mol. The maximum absolute atomic E-state index is 11.5. The average Bonchev–Trinajstić information content (AvgIpc) is 2.69. The van der Waals surface area contributed by atoms with E-state index in [4.69, 9.17) is 9.63 Å². The molecule has 0 aliphatic carbocycles. The molecule has 1 aromatic heterocycles. The van der Waals surface area contributed by atoms with Gasteiger partial charge >= 0.3 is 5.97 Å². The van der Waals surface area contributed by atoms with Gasteiger partial charge in [0.2, 0.25) is 5.91 Å². The van der Waals surface area contributed by atoms with Crippen LogP contribution in [-0.4, -0.2) is 33.6 Å². The second-order valence-corrected chi connectivity index (χ2v) is 5.09. The number of carbonyl (C=O) groups is 2. The molecular formula is C11H16N2O4S. The largest absolute Gasteiger partial charge is 0.481 e. The highest BCUT2D eigenvalue weighted by atomic mass is 32.2. The van der Waals surface area contributed by atoms with Gasteiger partial charge in [0.05, 0.1) is 5.92 Å². The van der Waals surface area contributed by atoms with Gasteiger partial charge in [-0.05, 0) is 6.92 Å². The summed E-state index contributed by atoms with van der Waals surface area (Å²) in [7, 11) is 0. The molecule has 0 aliphatic heterocycles. The summed E-state index contributed by atoms with van der Waals surface area (Å²) in [6.45, 7) is 3.39. The van der Waals surface area contributed by atoms with Crippen molar-refractivity contribution in [3.63, 3.8) is 0 Å². The Morgan fingerprint density at radius 1 is 1.61 bits per heavy atom. The van der Waals surface area contributed by atoms with Crippen LogP contribution in [0.15, 0.2) is 10.6 Å². The summed E-state index contributed by atoms with van der Waals surface area (Å²) in [6, 6.07) is 1.64. The van der Waals surface area contributed by atoms with Crippen molar-refractivity contribution in [3.8, 4) is 0 Å². The molecule has 0 bridgehead atoms. The summed E-state index contributed by atoms with van der Waals surface area (Å²) in [5, 5.41) is 14.9. The van der Waals surface area contributed by atoms with E-state index in [0.29, 0.717) is 29.5 Å². The zero-order chi connectivity index (χ0) is 13.5. The molecule has 0 fully saturated rings. The van der Waals surface area contributed by atoms with E-state index < -0.39 is 11.9 Å². The van der Waals surface area contributed by atoms with Gasteiger partial charge in [-0.25, -0.2) is 0 Å². The first kappa shape index (κ1) is 14.6. The van der Waals surface area contributed by atoms with Crippen LogP contribution in [-0.2, 0) is 9.59 Å². The topological polar surface area (TPSA) is 92.4 Å². The first-order valence-electron chi connectivity index (χ1n) is 5.52. The van der Waals surface area contributed by atoms with Crippen molar-refractivity contribution in [1.29, 1.82) is 0 Å². The van der Waals surface area contributed by atoms with Crippen molar-refractivity contribution < 1.29 is 19.2 Å². The lowest BCUT2D eigenvalue weighted by atomic mass is 10.2. The number of nitrogens with zero attached hydrogens (tertiary/aromatic N) is 1. The van der Waals surface area contributed by atoms with Gasteiger partial charge in [-0.1, -0.05) is 12.1 Å². The Balaban J connectivity index is 2.16. The Kier molecular flexibility index (Phi) is 5.70. The quantitative estimate of drug-likeness (QED) is 0.735. The second kappa shape index (κ2) is 7.05. The molecule has 1 atom stereocenters. The molecule has 0 saturated carbocycles. The maximum atomic E-state index is 11.5. The minimum absolute atomic E-state index is 0.154. The number of aromatic nitrogens is 1. The number of carbonyl (C=O) groups excluding carboxylic acids is 1. The molecule has 100 valence electrons. The standard InChI is InChI=1S/C11H16N2O4S/c1-7(11(15)16)6-18-4-3-10(14)12-9-5-8(2)17-13-9/h5,7H,3-4,6H2,1-2H3,(H,15,16)(H,12,13,14). The predicted molar refractivity (Wildman–Crippen MR) is 68.6 cm³/mol. The number of carboxylic acid groups (broad SMARTS) is 1. The van der Waals surface area contributed by atoms with E-state index >= 15 is 0 Å². The van der Waals surface area contributed by atoms with E-state index in [0.717, 1.165) is 0 Å². The molecule has 0 aliphatic rings. The van der Waals surface area contributed by atoms with Crippen molar-refractivity contribution in [2.75, 3.05) is 16.8 Å². The zero-order valence-electron chi connectivity index (χ0n) is 10.3. The highest BCUT2D eigenvalue weighted by molar-refractivity contribution is 7.99. The number of nitrogens with one attached hydrogen (secondary N) is 1. The number of thioether (sulfide) groups is 1. The van der Waals surface area contributed by atoms with Crippen molar-refractivity contribution in [1.82, 2.24) is 5.16 Å². The first-order valence-corrected chi connectivity index (χ1v) is 6.68. The van der Waals surface area contributed by atoms with Crippen LogP contribution in [0, 0.1) is 12.8 Å². The van der Waals surface area contributed by atoms with E-state index in [2.05, 4.69) is 10.5 Å². The van der Waals surface area contributed by atoms with Crippen LogP contribution in [0.25, 0.3) is 0 Å². The summed E-state index contributed by atoms with van der Waals surface area (Å²) in [5.41, 5.74) is 0. The fourth-order valence-electron chi connectivity index (χ4n) is 1.13. The van der Waals surface area contributed by atoms with Crippen LogP contribution in [0.5, 0.6) is 0 Å². The summed E-state index contributed by atoms with van der Waals surface area (Å²) >= 11 is 1.45. The lowest BCUT2D eigenvalue weighted by molar-refractivity contribution is -0.140. The zero-order valence-corrected chi connectivity index (χ0v) is 11.1. The Labute approximate surface area is 109 Å². The summed E-state index contributed by atoms with van der Waals surface area (Å²) in [4.78, 5) is 22.0. The van der Waals surface area contributed by atoms with Crippen molar-refractivity contribution in [2.24, 2.45) is 5.92 Å². The van der Waals surface area contributed by atoms with E-state index in [1.54, 1.807) is 19.9 Å². The Bertz CT molecular complexity index is 419. The van der Waals surface area contributed by atoms with Gasteiger partial charge < -0.3 is 14.9 Å². The van der Waals surface area contributed by atoms with E-state index in [1.165, 1.54) is 11.8 Å². The molecule has 18 heavy (non-hydrogen) atoms. The molecule has 1 unspecified atom stereocenters. The van der Waals surface area contributed by atoms with Crippen LogP contribution >= 0.6 is 11.8 Å². The predicted octanol–water partition coefficient (Wildman–Crippen LogP) is 1.77. The summed E-state index contributed by atoms with van der Waals surface area (Å²) in [5.74, 6) is 0.766. The van der Waals surface area contributed by atoms with E-state index in [-0.39, 0.29) is 5.91 Å². The minimum atomic E-state index is -0.815. The molecule has 1 heterocycles. The van der Waals surface area contributed by atoms with Gasteiger partial charge in [0.25, 0.3) is 0 Å². The first-order chi connectivity index (χ1) is 8.49. The lowest BCUT2D eigenvalue weighted by Crippen LogP contribution is -2.14. The third-order valence-corrected chi connectivity index (χ3v) is 3.39. The fraction of sp³-hybridized carbons (Fsp3) is 0.545. The number of aliphatic carboxylic acids is 1. The normalized spacial score (nSPS) is 12.1.